The summed E-state index contributed by atoms with van der Waals surface area (Å²) in [4.78, 5) is 29.9. The number of carbonyl (C=O) groups is 1. The molecule has 222 valence electrons. The van der Waals surface area contributed by atoms with Crippen LogP contribution < -0.4 is 20.9 Å². The van der Waals surface area contributed by atoms with Gasteiger partial charge in [-0.3, -0.25) is 4.79 Å². The van der Waals surface area contributed by atoms with Gasteiger partial charge in [0, 0.05) is 18.4 Å². The second-order valence-corrected chi connectivity index (χ2v) is 18.0. The van der Waals surface area contributed by atoms with Crippen LogP contribution in [0.15, 0.2) is 75.9 Å². The molecule has 3 atom stereocenters. The number of ketones is 1. The first-order chi connectivity index (χ1) is 20.2. The van der Waals surface area contributed by atoms with Gasteiger partial charge >= 0.3 is 5.63 Å². The van der Waals surface area contributed by atoms with E-state index in [-0.39, 0.29) is 33.9 Å². The van der Waals surface area contributed by atoms with Crippen LogP contribution in [-0.2, 0) is 10.8 Å². The molecule has 0 unspecified atom stereocenters. The molecule has 0 N–H and O–H groups in total. The molecule has 0 amide bonds. The van der Waals surface area contributed by atoms with E-state index in [0.29, 0.717) is 18.8 Å². The lowest BCUT2D eigenvalue weighted by atomic mass is 9.66. The number of Topliss-reactive ketones (excluding diaryl/α,β-unsaturated/α-hetero) is 1. The van der Waals surface area contributed by atoms with Crippen molar-refractivity contribution in [1.29, 1.82) is 0 Å². The molecule has 2 aliphatic heterocycles. The third-order valence-electron chi connectivity index (χ3n) is 10.2. The zero-order chi connectivity index (χ0) is 29.5. The SMILES string of the molecule is CCCCc1cc2c(c(=O)o1)C(=O)[C@@H]1CCCC[C@@]13CC[C@H](CO[Si](c1ccccc1)(c1ccccc1)C(C)(C)C)N23. The Morgan fingerprint density at radius 2 is 1.62 bits per heavy atom. The third kappa shape index (κ3) is 4.62. The van der Waals surface area contributed by atoms with Crippen LogP contribution in [0.4, 0.5) is 5.69 Å². The van der Waals surface area contributed by atoms with Gasteiger partial charge < -0.3 is 13.7 Å². The number of anilines is 1. The molecule has 3 aromatic rings. The van der Waals surface area contributed by atoms with E-state index in [2.05, 4.69) is 93.3 Å². The van der Waals surface area contributed by atoms with Crippen LogP contribution in [0.3, 0.4) is 0 Å². The van der Waals surface area contributed by atoms with Crippen molar-refractivity contribution >= 4 is 30.2 Å². The van der Waals surface area contributed by atoms with Gasteiger partial charge in [0.05, 0.1) is 23.9 Å². The maximum Gasteiger partial charge on any atom is 0.349 e. The monoisotopic (exact) mass is 583 g/mol. The summed E-state index contributed by atoms with van der Waals surface area (Å²) in [6, 6.07) is 23.7. The highest BCUT2D eigenvalue weighted by molar-refractivity contribution is 6.99. The Morgan fingerprint density at radius 1 is 0.952 bits per heavy atom. The highest BCUT2D eigenvalue weighted by Gasteiger charge is 2.59. The van der Waals surface area contributed by atoms with E-state index >= 15 is 0 Å². The highest BCUT2D eigenvalue weighted by atomic mass is 28.4. The van der Waals surface area contributed by atoms with E-state index in [0.717, 1.165) is 57.1 Å². The summed E-state index contributed by atoms with van der Waals surface area (Å²) in [6.07, 6.45) is 8.56. The molecule has 6 rings (SSSR count). The Labute approximate surface area is 251 Å². The maximum atomic E-state index is 13.9. The van der Waals surface area contributed by atoms with Crippen molar-refractivity contribution in [3.8, 4) is 0 Å². The zero-order valence-corrected chi connectivity index (χ0v) is 26.7. The second kappa shape index (κ2) is 11.3. The molecule has 3 aliphatic rings. The van der Waals surface area contributed by atoms with Gasteiger partial charge in [0.1, 0.15) is 11.3 Å². The largest absolute Gasteiger partial charge is 0.427 e. The van der Waals surface area contributed by atoms with Gasteiger partial charge in [-0.2, -0.15) is 0 Å². The molecule has 6 heteroatoms. The summed E-state index contributed by atoms with van der Waals surface area (Å²) in [5.74, 6) is 0.544. The van der Waals surface area contributed by atoms with E-state index in [4.69, 9.17) is 8.84 Å². The Hall–Kier alpha value is -2.96. The summed E-state index contributed by atoms with van der Waals surface area (Å²) in [6.45, 7) is 9.63. The number of aryl methyl sites for hydroxylation is 1. The van der Waals surface area contributed by atoms with E-state index in [1.165, 1.54) is 10.4 Å². The van der Waals surface area contributed by atoms with Crippen molar-refractivity contribution in [2.75, 3.05) is 11.5 Å². The number of carbonyl (C=O) groups excluding carboxylic acids is 1. The summed E-state index contributed by atoms with van der Waals surface area (Å²) in [5.41, 5.74) is 0.378. The first kappa shape index (κ1) is 29.1. The number of benzene rings is 2. The van der Waals surface area contributed by atoms with Gasteiger partial charge in [0.25, 0.3) is 8.32 Å². The van der Waals surface area contributed by atoms with E-state index in [9.17, 15) is 9.59 Å². The molecule has 0 radical (unpaired) electrons. The van der Waals surface area contributed by atoms with Crippen molar-refractivity contribution in [3.05, 3.63) is 88.5 Å². The van der Waals surface area contributed by atoms with Gasteiger partial charge in [-0.05, 0) is 47.5 Å². The first-order valence-corrected chi connectivity index (χ1v) is 17.9. The highest BCUT2D eigenvalue weighted by Crippen LogP contribution is 2.54. The average Bonchev–Trinajstić information content (AvgIpc) is 3.35. The molecule has 3 heterocycles. The van der Waals surface area contributed by atoms with E-state index < -0.39 is 13.9 Å². The van der Waals surface area contributed by atoms with Crippen molar-refractivity contribution in [1.82, 2.24) is 0 Å². The van der Waals surface area contributed by atoms with Gasteiger partial charge in [0.15, 0.2) is 5.78 Å². The molecule has 5 nitrogen and oxygen atoms in total. The van der Waals surface area contributed by atoms with Crippen molar-refractivity contribution in [2.24, 2.45) is 5.92 Å². The molecule has 2 fully saturated rings. The molecule has 1 spiro atoms. The number of unbranched alkanes of at least 4 members (excludes halogenated alkanes) is 1. The van der Waals surface area contributed by atoms with Crippen LogP contribution in [-0.4, -0.2) is 32.3 Å². The molecule has 1 saturated carbocycles. The Balaban J connectivity index is 1.45. The predicted molar refractivity (Wildman–Crippen MR) is 172 cm³/mol. The summed E-state index contributed by atoms with van der Waals surface area (Å²) in [5, 5.41) is 2.41. The number of rotatable bonds is 8. The standard InChI is InChI=1S/C36H45NO4Si/c1-5-6-15-27-24-31-32(34(39)41-27)33(38)30-20-13-14-22-36(30)23-21-26(37(31)36)25-40-42(35(2,3)4,28-16-9-7-10-17-28)29-18-11-8-12-19-29/h7-12,16-19,24,26,30H,5-6,13-15,20-23,25H2,1-4H3/t26-,30+,36-/m1/s1. The normalized spacial score (nSPS) is 23.8. The predicted octanol–water partition coefficient (Wildman–Crippen LogP) is 6.65. The summed E-state index contributed by atoms with van der Waals surface area (Å²) in [7, 11) is -2.74. The minimum atomic E-state index is -2.74. The number of hydrogen-bond donors (Lipinski definition) is 0. The fraction of sp³-hybridized carbons (Fsp3) is 0.500. The number of hydrogen-bond acceptors (Lipinski definition) is 5. The van der Waals surface area contributed by atoms with Gasteiger partial charge in [0.2, 0.25) is 0 Å². The summed E-state index contributed by atoms with van der Waals surface area (Å²) >= 11 is 0. The molecule has 1 aromatic heterocycles. The minimum Gasteiger partial charge on any atom is -0.427 e. The topological polar surface area (TPSA) is 59.8 Å². The summed E-state index contributed by atoms with van der Waals surface area (Å²) < 4.78 is 13.2. The smallest absolute Gasteiger partial charge is 0.349 e. The molecular formula is C36H45NO4Si. The van der Waals surface area contributed by atoms with E-state index in [1.807, 2.05) is 6.07 Å². The van der Waals surface area contributed by atoms with Crippen LogP contribution in [0.1, 0.15) is 95.2 Å². The quantitative estimate of drug-likeness (QED) is 0.278. The van der Waals surface area contributed by atoms with Gasteiger partial charge in [-0.1, -0.05) is 108 Å². The zero-order valence-electron chi connectivity index (χ0n) is 25.7. The van der Waals surface area contributed by atoms with E-state index in [1.54, 1.807) is 0 Å². The van der Waals surface area contributed by atoms with Crippen LogP contribution in [0.5, 0.6) is 0 Å². The maximum absolute atomic E-state index is 13.9. The van der Waals surface area contributed by atoms with Gasteiger partial charge in [-0.25, -0.2) is 4.79 Å². The number of fused-ring (bicyclic) bond motifs is 2. The van der Waals surface area contributed by atoms with Crippen LogP contribution in [0, 0.1) is 5.92 Å². The van der Waals surface area contributed by atoms with Crippen LogP contribution >= 0.6 is 0 Å². The Kier molecular flexibility index (Phi) is 7.82. The second-order valence-electron chi connectivity index (χ2n) is 13.7. The molecule has 0 bridgehead atoms. The van der Waals surface area contributed by atoms with Gasteiger partial charge in [-0.15, -0.1) is 0 Å². The Bertz CT molecular complexity index is 1440. The van der Waals surface area contributed by atoms with Crippen LogP contribution in [0.25, 0.3) is 0 Å². The molecular weight excluding hydrogens is 538 g/mol. The third-order valence-corrected chi connectivity index (χ3v) is 15.3. The fourth-order valence-corrected chi connectivity index (χ4v) is 13.0. The average molecular weight is 584 g/mol. The lowest BCUT2D eigenvalue weighted by Crippen LogP contribution is -2.68. The molecule has 1 saturated heterocycles. The molecule has 2 aromatic carbocycles. The lowest BCUT2D eigenvalue weighted by molar-refractivity contribution is 0.0751. The number of nitrogens with zero attached hydrogens (tertiary/aromatic N) is 1. The van der Waals surface area contributed by atoms with Crippen LogP contribution in [0.2, 0.25) is 5.04 Å². The van der Waals surface area contributed by atoms with Crippen molar-refractivity contribution < 1.29 is 13.6 Å². The fourth-order valence-electron chi connectivity index (χ4n) is 8.39. The Morgan fingerprint density at radius 3 is 2.24 bits per heavy atom. The van der Waals surface area contributed by atoms with Crippen molar-refractivity contribution in [3.63, 3.8) is 0 Å². The first-order valence-electron chi connectivity index (χ1n) is 16.0. The minimum absolute atomic E-state index is 0.00490. The lowest BCUT2D eigenvalue weighted by Gasteiger charge is -2.53. The van der Waals surface area contributed by atoms with Crippen molar-refractivity contribution in [2.45, 2.75) is 102 Å². The molecule has 42 heavy (non-hydrogen) atoms. The molecule has 1 aliphatic carbocycles.